The maximum absolute atomic E-state index is 11.0. The highest BCUT2D eigenvalue weighted by molar-refractivity contribution is 7.12. The topological polar surface area (TPSA) is 29.5 Å². The Morgan fingerprint density at radius 2 is 1.84 bits per heavy atom. The molecule has 0 saturated heterocycles. The summed E-state index contributed by atoms with van der Waals surface area (Å²) in [6.45, 7) is 7.92. The van der Waals surface area contributed by atoms with Crippen LogP contribution >= 0.6 is 11.3 Å². The molecule has 1 aromatic carbocycles. The predicted molar refractivity (Wildman–Crippen MR) is 80.2 cm³/mol. The Kier molecular flexibility index (Phi) is 3.70. The first-order valence-corrected chi connectivity index (χ1v) is 7.13. The molecule has 1 heterocycles. The zero-order chi connectivity index (χ0) is 14.2. The van der Waals surface area contributed by atoms with E-state index in [0.29, 0.717) is 0 Å². The summed E-state index contributed by atoms with van der Waals surface area (Å²) in [6, 6.07) is 8.06. The van der Waals surface area contributed by atoms with E-state index in [-0.39, 0.29) is 0 Å². The molecule has 3 heteroatoms. The largest absolute Gasteiger partial charge is 0.496 e. The van der Waals surface area contributed by atoms with E-state index < -0.39 is 5.60 Å². The van der Waals surface area contributed by atoms with Gasteiger partial charge >= 0.3 is 0 Å². The summed E-state index contributed by atoms with van der Waals surface area (Å²) in [7, 11) is 1.65. The second-order valence-corrected chi connectivity index (χ2v) is 6.43. The minimum absolute atomic E-state index is 0.744. The van der Waals surface area contributed by atoms with Crippen molar-refractivity contribution in [3.05, 3.63) is 50.7 Å². The van der Waals surface area contributed by atoms with Crippen molar-refractivity contribution in [2.45, 2.75) is 33.3 Å². The van der Waals surface area contributed by atoms with E-state index >= 15 is 0 Å². The van der Waals surface area contributed by atoms with Crippen LogP contribution in [0.2, 0.25) is 0 Å². The molecule has 0 bridgehead atoms. The molecule has 0 radical (unpaired) electrons. The standard InChI is InChI=1S/C16H20O2S/c1-10-8-11(2)15(13(9-10)18-5)16(4,17)14-7-6-12(3)19-14/h6-9,17H,1-5H3. The fraction of sp³-hybridized carbons (Fsp3) is 0.375. The highest BCUT2D eigenvalue weighted by Gasteiger charge is 2.32. The number of hydrogen-bond donors (Lipinski definition) is 1. The molecule has 0 saturated carbocycles. The SMILES string of the molecule is COc1cc(C)cc(C)c1C(C)(O)c1ccc(C)s1. The number of ether oxygens (including phenoxy) is 1. The van der Waals surface area contributed by atoms with Gasteiger partial charge in [0, 0.05) is 15.3 Å². The molecule has 0 fully saturated rings. The molecule has 19 heavy (non-hydrogen) atoms. The quantitative estimate of drug-likeness (QED) is 0.920. The fourth-order valence-electron chi connectivity index (χ4n) is 2.53. The van der Waals surface area contributed by atoms with E-state index in [1.807, 2.05) is 45.9 Å². The van der Waals surface area contributed by atoms with Crippen LogP contribution in [0.15, 0.2) is 24.3 Å². The number of thiophene rings is 1. The van der Waals surface area contributed by atoms with Gasteiger partial charge in [-0.25, -0.2) is 0 Å². The Bertz CT molecular complexity index is 597. The third-order valence-electron chi connectivity index (χ3n) is 3.37. The molecule has 2 nitrogen and oxygen atoms in total. The average molecular weight is 276 g/mol. The molecule has 1 N–H and O–H groups in total. The molecule has 0 aliphatic heterocycles. The van der Waals surface area contributed by atoms with Crippen molar-refractivity contribution < 1.29 is 9.84 Å². The first-order valence-electron chi connectivity index (χ1n) is 6.31. The van der Waals surface area contributed by atoms with E-state index in [4.69, 9.17) is 4.74 Å². The Balaban J connectivity index is 2.63. The highest BCUT2D eigenvalue weighted by Crippen LogP contribution is 2.40. The summed E-state index contributed by atoms with van der Waals surface area (Å²) in [5.41, 5.74) is 2.01. The van der Waals surface area contributed by atoms with Gasteiger partial charge in [-0.05, 0) is 57.0 Å². The van der Waals surface area contributed by atoms with Gasteiger partial charge in [0.05, 0.1) is 7.11 Å². The van der Waals surface area contributed by atoms with Crippen molar-refractivity contribution in [3.8, 4) is 5.75 Å². The lowest BCUT2D eigenvalue weighted by molar-refractivity contribution is 0.102. The van der Waals surface area contributed by atoms with Crippen LogP contribution in [0.4, 0.5) is 0 Å². The Morgan fingerprint density at radius 1 is 1.16 bits per heavy atom. The molecular weight excluding hydrogens is 256 g/mol. The lowest BCUT2D eigenvalue weighted by atomic mass is 9.88. The lowest BCUT2D eigenvalue weighted by Crippen LogP contribution is -2.23. The van der Waals surface area contributed by atoms with Gasteiger partial charge in [-0.15, -0.1) is 11.3 Å². The van der Waals surface area contributed by atoms with E-state index in [0.717, 1.165) is 27.3 Å². The predicted octanol–water partition coefficient (Wildman–Crippen LogP) is 3.94. The number of rotatable bonds is 3. The summed E-state index contributed by atoms with van der Waals surface area (Å²) in [4.78, 5) is 2.13. The molecular formula is C16H20O2S. The van der Waals surface area contributed by atoms with Crippen LogP contribution in [0.25, 0.3) is 0 Å². The molecule has 102 valence electrons. The maximum atomic E-state index is 11.0. The van der Waals surface area contributed by atoms with Crippen molar-refractivity contribution in [2.24, 2.45) is 0 Å². The van der Waals surface area contributed by atoms with Crippen LogP contribution in [-0.4, -0.2) is 12.2 Å². The minimum Gasteiger partial charge on any atom is -0.496 e. The maximum Gasteiger partial charge on any atom is 0.125 e. The normalized spacial score (nSPS) is 14.2. The first kappa shape index (κ1) is 14.1. The van der Waals surface area contributed by atoms with Crippen molar-refractivity contribution in [3.63, 3.8) is 0 Å². The Labute approximate surface area is 118 Å². The number of methoxy groups -OCH3 is 1. The number of hydrogen-bond acceptors (Lipinski definition) is 3. The minimum atomic E-state index is -1.03. The van der Waals surface area contributed by atoms with Crippen LogP contribution in [0.3, 0.4) is 0 Å². The van der Waals surface area contributed by atoms with Gasteiger partial charge in [0.1, 0.15) is 11.4 Å². The zero-order valence-electron chi connectivity index (χ0n) is 12.1. The number of aryl methyl sites for hydroxylation is 3. The molecule has 1 unspecified atom stereocenters. The van der Waals surface area contributed by atoms with Crippen molar-refractivity contribution in [2.75, 3.05) is 7.11 Å². The van der Waals surface area contributed by atoms with Crippen LogP contribution in [0, 0.1) is 20.8 Å². The molecule has 0 spiro atoms. The summed E-state index contributed by atoms with van der Waals surface area (Å²) in [5.74, 6) is 0.744. The van der Waals surface area contributed by atoms with Crippen molar-refractivity contribution in [1.82, 2.24) is 0 Å². The van der Waals surface area contributed by atoms with Gasteiger partial charge in [0.25, 0.3) is 0 Å². The van der Waals surface area contributed by atoms with Crippen LogP contribution in [0.5, 0.6) is 5.75 Å². The highest BCUT2D eigenvalue weighted by atomic mass is 32.1. The first-order chi connectivity index (χ1) is 8.86. The van der Waals surface area contributed by atoms with Gasteiger partial charge in [-0.2, -0.15) is 0 Å². The summed E-state index contributed by atoms with van der Waals surface area (Å²) in [5, 5.41) is 11.0. The Hall–Kier alpha value is -1.32. The van der Waals surface area contributed by atoms with E-state index in [1.54, 1.807) is 18.4 Å². The number of benzene rings is 1. The molecule has 2 rings (SSSR count). The fourth-order valence-corrected chi connectivity index (χ4v) is 3.45. The lowest BCUT2D eigenvalue weighted by Gasteiger charge is -2.27. The van der Waals surface area contributed by atoms with Gasteiger partial charge < -0.3 is 9.84 Å². The van der Waals surface area contributed by atoms with Crippen LogP contribution < -0.4 is 4.74 Å². The third kappa shape index (κ3) is 2.53. The smallest absolute Gasteiger partial charge is 0.125 e. The van der Waals surface area contributed by atoms with Crippen molar-refractivity contribution in [1.29, 1.82) is 0 Å². The van der Waals surface area contributed by atoms with Gasteiger partial charge in [0.15, 0.2) is 0 Å². The summed E-state index contributed by atoms with van der Waals surface area (Å²) in [6.07, 6.45) is 0. The number of aliphatic hydroxyl groups is 1. The molecule has 1 atom stereocenters. The zero-order valence-corrected chi connectivity index (χ0v) is 12.9. The third-order valence-corrected chi connectivity index (χ3v) is 4.58. The van der Waals surface area contributed by atoms with Gasteiger partial charge in [-0.1, -0.05) is 6.07 Å². The summed E-state index contributed by atoms with van der Waals surface area (Å²) >= 11 is 1.62. The van der Waals surface area contributed by atoms with Gasteiger partial charge in [-0.3, -0.25) is 0 Å². The van der Waals surface area contributed by atoms with E-state index in [9.17, 15) is 5.11 Å². The van der Waals surface area contributed by atoms with Crippen LogP contribution in [-0.2, 0) is 5.60 Å². The molecule has 2 aromatic rings. The molecule has 1 aromatic heterocycles. The molecule has 0 amide bonds. The van der Waals surface area contributed by atoms with Crippen molar-refractivity contribution >= 4 is 11.3 Å². The monoisotopic (exact) mass is 276 g/mol. The van der Waals surface area contributed by atoms with Gasteiger partial charge in [0.2, 0.25) is 0 Å². The van der Waals surface area contributed by atoms with E-state index in [1.165, 1.54) is 4.88 Å². The second-order valence-electron chi connectivity index (χ2n) is 5.14. The Morgan fingerprint density at radius 3 is 2.37 bits per heavy atom. The summed E-state index contributed by atoms with van der Waals surface area (Å²) < 4.78 is 5.47. The van der Waals surface area contributed by atoms with E-state index in [2.05, 4.69) is 6.07 Å². The molecule has 0 aliphatic carbocycles. The molecule has 0 aliphatic rings. The van der Waals surface area contributed by atoms with Crippen LogP contribution in [0.1, 0.15) is 33.4 Å². The average Bonchev–Trinajstić information content (AvgIpc) is 2.74. The second kappa shape index (κ2) is 4.99.